The largest absolute Gasteiger partial charge is 0.460 e. The van der Waals surface area contributed by atoms with Crippen molar-refractivity contribution in [2.75, 3.05) is 7.05 Å². The van der Waals surface area contributed by atoms with Crippen LogP contribution < -0.4 is 10.6 Å². The third-order valence-corrected chi connectivity index (χ3v) is 6.81. The molecule has 0 saturated heterocycles. The van der Waals surface area contributed by atoms with Crippen LogP contribution in [0, 0.1) is 0 Å². The highest BCUT2D eigenvalue weighted by atomic mass is 32.1. The van der Waals surface area contributed by atoms with E-state index >= 15 is 0 Å². The Labute approximate surface area is 169 Å². The zero-order chi connectivity index (χ0) is 19.1. The predicted molar refractivity (Wildman–Crippen MR) is 118 cm³/mol. The van der Waals surface area contributed by atoms with Crippen molar-refractivity contribution in [3.8, 4) is 0 Å². The first-order chi connectivity index (χ1) is 13.7. The van der Waals surface area contributed by atoms with Crippen molar-refractivity contribution in [2.45, 2.75) is 44.8 Å². The van der Waals surface area contributed by atoms with Crippen LogP contribution in [0.3, 0.4) is 0 Å². The van der Waals surface area contributed by atoms with Crippen molar-refractivity contribution >= 4 is 32.4 Å². The molecule has 2 atom stereocenters. The van der Waals surface area contributed by atoms with Crippen molar-refractivity contribution < 1.29 is 4.42 Å². The molecular weight excluding hydrogens is 364 g/mol. The van der Waals surface area contributed by atoms with Gasteiger partial charge in [0.05, 0.1) is 6.54 Å². The molecule has 0 aliphatic heterocycles. The number of hydrogen-bond donors (Lipinski definition) is 2. The molecule has 4 aromatic rings. The molecule has 28 heavy (non-hydrogen) atoms. The fraction of sp³-hybridized carbons (Fsp3) is 0.333. The average Bonchev–Trinajstić information content (AvgIpc) is 3.40. The molecule has 3 nitrogen and oxygen atoms in total. The molecule has 0 radical (unpaired) electrons. The number of likely N-dealkylation sites (N-methyl/N-ethyl adjacent to an activating group) is 1. The Kier molecular flexibility index (Phi) is 4.71. The second kappa shape index (κ2) is 7.36. The minimum atomic E-state index is 0.394. The molecule has 0 spiro atoms. The van der Waals surface area contributed by atoms with E-state index in [2.05, 4.69) is 65.4 Å². The molecule has 1 aliphatic rings. The lowest BCUT2D eigenvalue weighted by atomic mass is 10.1. The topological polar surface area (TPSA) is 37.2 Å². The monoisotopic (exact) mass is 390 g/mol. The minimum absolute atomic E-state index is 0.394. The van der Waals surface area contributed by atoms with E-state index in [9.17, 15) is 0 Å². The third kappa shape index (κ3) is 3.48. The zero-order valence-corrected chi connectivity index (χ0v) is 17.2. The van der Waals surface area contributed by atoms with Crippen LogP contribution in [0.2, 0.25) is 0 Å². The number of benzene rings is 2. The van der Waals surface area contributed by atoms with E-state index in [0.717, 1.165) is 37.2 Å². The summed E-state index contributed by atoms with van der Waals surface area (Å²) >= 11 is 1.80. The number of furan rings is 1. The SMILES string of the molecule is CNC1Cc2cc3cc(CNC(C)Cc4ccc5sccc5c4)oc3cc2C1. The molecule has 2 heterocycles. The van der Waals surface area contributed by atoms with Gasteiger partial charge in [0.2, 0.25) is 0 Å². The van der Waals surface area contributed by atoms with Crippen LogP contribution in [0.1, 0.15) is 29.4 Å². The van der Waals surface area contributed by atoms with Crippen LogP contribution in [0.4, 0.5) is 0 Å². The maximum absolute atomic E-state index is 6.13. The summed E-state index contributed by atoms with van der Waals surface area (Å²) in [4.78, 5) is 0. The number of nitrogens with one attached hydrogen (secondary N) is 2. The van der Waals surface area contributed by atoms with Crippen molar-refractivity contribution in [1.29, 1.82) is 0 Å². The Balaban J connectivity index is 1.24. The van der Waals surface area contributed by atoms with Crippen molar-refractivity contribution in [1.82, 2.24) is 10.6 Å². The number of rotatable bonds is 6. The van der Waals surface area contributed by atoms with E-state index in [1.54, 1.807) is 11.3 Å². The van der Waals surface area contributed by atoms with E-state index in [1.165, 1.54) is 32.2 Å². The first-order valence-electron chi connectivity index (χ1n) is 10.1. The molecule has 0 bridgehead atoms. The quantitative estimate of drug-likeness (QED) is 0.483. The summed E-state index contributed by atoms with van der Waals surface area (Å²) in [5.41, 5.74) is 5.29. The first kappa shape index (κ1) is 17.9. The van der Waals surface area contributed by atoms with E-state index in [-0.39, 0.29) is 0 Å². The maximum Gasteiger partial charge on any atom is 0.134 e. The van der Waals surface area contributed by atoms with Gasteiger partial charge in [0.1, 0.15) is 11.3 Å². The van der Waals surface area contributed by atoms with Gasteiger partial charge < -0.3 is 15.1 Å². The summed E-state index contributed by atoms with van der Waals surface area (Å²) in [7, 11) is 2.05. The molecule has 0 fully saturated rings. The lowest BCUT2D eigenvalue weighted by Gasteiger charge is -2.13. The van der Waals surface area contributed by atoms with Gasteiger partial charge in [0.15, 0.2) is 0 Å². The van der Waals surface area contributed by atoms with Gasteiger partial charge in [-0.1, -0.05) is 12.1 Å². The van der Waals surface area contributed by atoms with Crippen LogP contribution in [0.25, 0.3) is 21.1 Å². The molecule has 5 rings (SSSR count). The van der Waals surface area contributed by atoms with E-state index < -0.39 is 0 Å². The molecule has 2 aromatic carbocycles. The number of hydrogen-bond acceptors (Lipinski definition) is 4. The first-order valence-corrected chi connectivity index (χ1v) is 11.0. The fourth-order valence-corrected chi connectivity index (χ4v) is 5.12. The summed E-state index contributed by atoms with van der Waals surface area (Å²) in [5, 5.41) is 11.7. The lowest BCUT2D eigenvalue weighted by Crippen LogP contribution is -2.27. The van der Waals surface area contributed by atoms with Gasteiger partial charge in [-0.05, 0) is 91.0 Å². The fourth-order valence-electron chi connectivity index (χ4n) is 4.35. The molecule has 0 amide bonds. The normalized spacial score (nSPS) is 17.4. The van der Waals surface area contributed by atoms with E-state index in [1.807, 2.05) is 7.05 Å². The third-order valence-electron chi connectivity index (χ3n) is 5.91. The average molecular weight is 391 g/mol. The molecule has 1 aliphatic carbocycles. The highest BCUT2D eigenvalue weighted by molar-refractivity contribution is 7.17. The molecular formula is C24H26N2OS. The predicted octanol–water partition coefficient (Wildman–Crippen LogP) is 5.05. The van der Waals surface area contributed by atoms with Crippen LogP contribution in [0.5, 0.6) is 0 Å². The highest BCUT2D eigenvalue weighted by Gasteiger charge is 2.21. The summed E-state index contributed by atoms with van der Waals surface area (Å²) in [6.45, 7) is 3.01. The van der Waals surface area contributed by atoms with Crippen LogP contribution in [-0.4, -0.2) is 19.1 Å². The Bertz CT molecular complexity index is 1080. The summed E-state index contributed by atoms with van der Waals surface area (Å²) < 4.78 is 7.49. The van der Waals surface area contributed by atoms with Crippen molar-refractivity contribution in [2.24, 2.45) is 0 Å². The van der Waals surface area contributed by atoms with Crippen LogP contribution in [0.15, 0.2) is 52.3 Å². The van der Waals surface area contributed by atoms with E-state index in [0.29, 0.717) is 12.1 Å². The van der Waals surface area contributed by atoms with Gasteiger partial charge in [-0.15, -0.1) is 11.3 Å². The zero-order valence-electron chi connectivity index (χ0n) is 16.4. The van der Waals surface area contributed by atoms with Crippen LogP contribution in [-0.2, 0) is 25.8 Å². The summed E-state index contributed by atoms with van der Waals surface area (Å²) in [6.07, 6.45) is 3.24. The summed E-state index contributed by atoms with van der Waals surface area (Å²) in [5.74, 6) is 1.02. The Morgan fingerprint density at radius 1 is 1.07 bits per heavy atom. The Hall–Kier alpha value is -2.14. The van der Waals surface area contributed by atoms with Gasteiger partial charge >= 0.3 is 0 Å². The molecule has 144 valence electrons. The molecule has 2 aromatic heterocycles. The van der Waals surface area contributed by atoms with Crippen molar-refractivity contribution in [3.63, 3.8) is 0 Å². The lowest BCUT2D eigenvalue weighted by molar-refractivity contribution is 0.472. The van der Waals surface area contributed by atoms with Gasteiger partial charge in [-0.2, -0.15) is 0 Å². The highest BCUT2D eigenvalue weighted by Crippen LogP contribution is 2.29. The standard InChI is InChI=1S/C24H26N2OS/c1-15(7-16-3-4-24-17(8-16)5-6-28-24)26-14-22-12-20-9-18-10-21(25-2)11-19(18)13-23(20)27-22/h3-6,8-9,12-13,15,21,25-26H,7,10-11,14H2,1-2H3. The van der Waals surface area contributed by atoms with Gasteiger partial charge in [0, 0.05) is 22.2 Å². The molecule has 4 heteroatoms. The van der Waals surface area contributed by atoms with Crippen LogP contribution >= 0.6 is 11.3 Å². The Morgan fingerprint density at radius 2 is 1.93 bits per heavy atom. The Morgan fingerprint density at radius 3 is 2.79 bits per heavy atom. The maximum atomic E-state index is 6.13. The second-order valence-corrected chi connectivity index (χ2v) is 8.99. The second-order valence-electron chi connectivity index (χ2n) is 8.04. The van der Waals surface area contributed by atoms with Gasteiger partial charge in [-0.25, -0.2) is 0 Å². The smallest absolute Gasteiger partial charge is 0.134 e. The van der Waals surface area contributed by atoms with Crippen molar-refractivity contribution in [3.05, 3.63) is 70.3 Å². The van der Waals surface area contributed by atoms with Gasteiger partial charge in [-0.3, -0.25) is 0 Å². The van der Waals surface area contributed by atoms with E-state index in [4.69, 9.17) is 4.42 Å². The molecule has 2 unspecified atom stereocenters. The minimum Gasteiger partial charge on any atom is -0.460 e. The summed E-state index contributed by atoms with van der Waals surface area (Å²) in [6, 6.07) is 16.7. The molecule has 2 N–H and O–H groups in total. The van der Waals surface area contributed by atoms with Gasteiger partial charge in [0.25, 0.3) is 0 Å². The molecule has 0 saturated carbocycles. The number of fused-ring (bicyclic) bond motifs is 3. The number of thiophene rings is 1.